The lowest BCUT2D eigenvalue weighted by Gasteiger charge is -2.08. The fourth-order valence-electron chi connectivity index (χ4n) is 2.30. The van der Waals surface area contributed by atoms with Gasteiger partial charge in [0.1, 0.15) is 16.5 Å². The van der Waals surface area contributed by atoms with Gasteiger partial charge < -0.3 is 9.47 Å². The Morgan fingerprint density at radius 1 is 1.35 bits per heavy atom. The minimum atomic E-state index is -3.11. The smallest absolute Gasteiger partial charge is 0.388 e. The quantitative estimate of drug-likeness (QED) is 0.624. The second-order valence-corrected chi connectivity index (χ2v) is 5.98. The molecular formula is C16H15Cl2F3N2O3. The van der Waals surface area contributed by atoms with Crippen LogP contribution in [0.5, 0.6) is 5.88 Å². The van der Waals surface area contributed by atoms with Crippen LogP contribution in [0.15, 0.2) is 12.1 Å². The fraction of sp³-hybridized carbons (Fsp3) is 0.375. The van der Waals surface area contributed by atoms with Crippen molar-refractivity contribution in [2.24, 2.45) is 7.05 Å². The van der Waals surface area contributed by atoms with Crippen molar-refractivity contribution >= 4 is 29.2 Å². The first-order chi connectivity index (χ1) is 12.2. The minimum absolute atomic E-state index is 0.0435. The Bertz CT molecular complexity index is 813. The molecule has 0 unspecified atom stereocenters. The highest BCUT2D eigenvalue weighted by atomic mass is 35.5. The van der Waals surface area contributed by atoms with E-state index >= 15 is 0 Å². The van der Waals surface area contributed by atoms with Crippen molar-refractivity contribution < 1.29 is 27.4 Å². The molecule has 0 fully saturated rings. The molecule has 0 radical (unpaired) electrons. The average Bonchev–Trinajstić information content (AvgIpc) is 2.82. The summed E-state index contributed by atoms with van der Waals surface area (Å²) in [5.74, 6) is -1.55. The van der Waals surface area contributed by atoms with E-state index < -0.39 is 18.4 Å². The summed E-state index contributed by atoms with van der Waals surface area (Å²) in [6, 6.07) is 2.42. The summed E-state index contributed by atoms with van der Waals surface area (Å²) in [6.45, 7) is -1.17. The zero-order valence-corrected chi connectivity index (χ0v) is 15.4. The topological polar surface area (TPSA) is 53.3 Å². The van der Waals surface area contributed by atoms with Gasteiger partial charge in [0.25, 0.3) is 0 Å². The molecule has 0 saturated heterocycles. The lowest BCUT2D eigenvalue weighted by atomic mass is 10.0. The Balaban J connectivity index is 2.38. The molecule has 10 heteroatoms. The number of hydrogen-bond donors (Lipinski definition) is 0. The van der Waals surface area contributed by atoms with Gasteiger partial charge in [0.05, 0.1) is 6.61 Å². The summed E-state index contributed by atoms with van der Waals surface area (Å²) in [5, 5.41) is 3.80. The molecule has 0 spiro atoms. The van der Waals surface area contributed by atoms with Crippen LogP contribution in [0, 0.1) is 5.82 Å². The fourth-order valence-corrected chi connectivity index (χ4v) is 2.86. The zero-order valence-electron chi connectivity index (χ0n) is 13.9. The van der Waals surface area contributed by atoms with Crippen LogP contribution in [0.25, 0.3) is 11.3 Å². The van der Waals surface area contributed by atoms with E-state index in [-0.39, 0.29) is 46.6 Å². The summed E-state index contributed by atoms with van der Waals surface area (Å²) in [4.78, 5) is 11.5. The van der Waals surface area contributed by atoms with Gasteiger partial charge in [-0.1, -0.05) is 23.2 Å². The van der Waals surface area contributed by atoms with Gasteiger partial charge in [-0.2, -0.15) is 13.9 Å². The highest BCUT2D eigenvalue weighted by Crippen LogP contribution is 2.38. The second kappa shape index (κ2) is 8.64. The molecule has 0 aliphatic carbocycles. The van der Waals surface area contributed by atoms with Gasteiger partial charge in [0.15, 0.2) is 0 Å². The molecule has 1 aromatic carbocycles. The van der Waals surface area contributed by atoms with Crippen LogP contribution in [0.4, 0.5) is 13.2 Å². The molecule has 1 heterocycles. The summed E-state index contributed by atoms with van der Waals surface area (Å²) in [6.07, 6.45) is 0.254. The first-order valence-electron chi connectivity index (χ1n) is 7.55. The highest BCUT2D eigenvalue weighted by Gasteiger charge is 2.23. The summed E-state index contributed by atoms with van der Waals surface area (Å²) in [7, 11) is 1.34. The molecule has 0 aliphatic heterocycles. The van der Waals surface area contributed by atoms with Crippen LogP contribution in [-0.4, -0.2) is 29.0 Å². The first-order valence-corrected chi connectivity index (χ1v) is 8.31. The monoisotopic (exact) mass is 410 g/mol. The number of esters is 1. The van der Waals surface area contributed by atoms with Crippen LogP contribution < -0.4 is 4.74 Å². The first kappa shape index (κ1) is 20.4. The Morgan fingerprint density at radius 3 is 2.65 bits per heavy atom. The van der Waals surface area contributed by atoms with E-state index in [1.54, 1.807) is 6.92 Å². The van der Waals surface area contributed by atoms with Crippen molar-refractivity contribution in [3.8, 4) is 17.1 Å². The van der Waals surface area contributed by atoms with Crippen molar-refractivity contribution in [3.05, 3.63) is 33.6 Å². The Morgan fingerprint density at radius 2 is 2.04 bits per heavy atom. The van der Waals surface area contributed by atoms with Crippen LogP contribution in [-0.2, 0) is 23.0 Å². The number of aromatic nitrogens is 2. The van der Waals surface area contributed by atoms with Crippen molar-refractivity contribution in [1.29, 1.82) is 0 Å². The molecular weight excluding hydrogens is 396 g/mol. The van der Waals surface area contributed by atoms with Gasteiger partial charge in [-0.05, 0) is 31.0 Å². The molecule has 0 aliphatic rings. The van der Waals surface area contributed by atoms with E-state index in [1.165, 1.54) is 13.1 Å². The molecule has 26 heavy (non-hydrogen) atoms. The number of ether oxygens (including phenoxy) is 2. The molecule has 1 aromatic heterocycles. The molecule has 0 N–H and O–H groups in total. The molecule has 0 atom stereocenters. The number of hydrogen-bond acceptors (Lipinski definition) is 4. The number of carbonyl (C=O) groups is 1. The minimum Gasteiger partial charge on any atom is -0.466 e. The third kappa shape index (κ3) is 4.62. The van der Waals surface area contributed by atoms with E-state index in [2.05, 4.69) is 9.84 Å². The van der Waals surface area contributed by atoms with Crippen molar-refractivity contribution in [3.63, 3.8) is 0 Å². The predicted molar refractivity (Wildman–Crippen MR) is 90.2 cm³/mol. The normalized spacial score (nSPS) is 11.1. The second-order valence-electron chi connectivity index (χ2n) is 5.20. The van der Waals surface area contributed by atoms with Crippen LogP contribution in [0.3, 0.4) is 0 Å². The SMILES string of the molecule is CCOC(=O)CCc1cc(-c2nn(C)c(OC(F)F)c2Cl)c(F)cc1Cl. The molecule has 2 rings (SSSR count). The van der Waals surface area contributed by atoms with E-state index in [0.717, 1.165) is 10.7 Å². The van der Waals surface area contributed by atoms with Gasteiger partial charge in [-0.3, -0.25) is 4.79 Å². The van der Waals surface area contributed by atoms with Crippen molar-refractivity contribution in [2.75, 3.05) is 6.61 Å². The lowest BCUT2D eigenvalue weighted by Crippen LogP contribution is -2.06. The van der Waals surface area contributed by atoms with Gasteiger partial charge in [0.2, 0.25) is 5.88 Å². The lowest BCUT2D eigenvalue weighted by molar-refractivity contribution is -0.143. The standard InChI is InChI=1S/C16H15Cl2F3N2O3/c1-3-25-12(24)5-4-8-6-9(11(19)7-10(8)17)14-13(18)15(23(2)22-14)26-16(20)21/h6-7,16H,3-5H2,1-2H3. The summed E-state index contributed by atoms with van der Waals surface area (Å²) < 4.78 is 49.4. The van der Waals surface area contributed by atoms with Gasteiger partial charge >= 0.3 is 12.6 Å². The molecule has 5 nitrogen and oxygen atoms in total. The predicted octanol–water partition coefficient (Wildman–Crippen LogP) is 4.63. The highest BCUT2D eigenvalue weighted by molar-refractivity contribution is 6.34. The average molecular weight is 411 g/mol. The van der Waals surface area contributed by atoms with Gasteiger partial charge in [-0.25, -0.2) is 9.07 Å². The van der Waals surface area contributed by atoms with Crippen LogP contribution in [0.2, 0.25) is 10.0 Å². The number of rotatable bonds is 7. The van der Waals surface area contributed by atoms with Gasteiger partial charge in [0, 0.05) is 24.1 Å². The van der Waals surface area contributed by atoms with E-state index in [9.17, 15) is 18.0 Å². The summed E-state index contributed by atoms with van der Waals surface area (Å²) in [5.41, 5.74) is 0.350. The summed E-state index contributed by atoms with van der Waals surface area (Å²) >= 11 is 12.0. The third-order valence-corrected chi connectivity index (χ3v) is 4.13. The maximum Gasteiger partial charge on any atom is 0.388 e. The molecule has 0 saturated carbocycles. The Hall–Kier alpha value is -1.93. The van der Waals surface area contributed by atoms with Crippen molar-refractivity contribution in [1.82, 2.24) is 9.78 Å². The largest absolute Gasteiger partial charge is 0.466 e. The number of halogens is 5. The number of alkyl halides is 2. The Kier molecular flexibility index (Phi) is 6.77. The molecule has 0 bridgehead atoms. The molecule has 0 amide bonds. The third-order valence-electron chi connectivity index (χ3n) is 3.44. The van der Waals surface area contributed by atoms with E-state index in [4.69, 9.17) is 27.9 Å². The van der Waals surface area contributed by atoms with Crippen LogP contribution >= 0.6 is 23.2 Å². The Labute approximate surface area is 157 Å². The maximum absolute atomic E-state index is 14.3. The van der Waals surface area contributed by atoms with E-state index in [1.807, 2.05) is 0 Å². The van der Waals surface area contributed by atoms with Crippen molar-refractivity contribution in [2.45, 2.75) is 26.4 Å². The van der Waals surface area contributed by atoms with Crippen LogP contribution in [0.1, 0.15) is 18.9 Å². The van der Waals surface area contributed by atoms with Gasteiger partial charge in [-0.15, -0.1) is 0 Å². The maximum atomic E-state index is 14.3. The number of nitrogens with zero attached hydrogens (tertiary/aromatic N) is 2. The molecule has 142 valence electrons. The molecule has 2 aromatic rings. The van der Waals surface area contributed by atoms with E-state index in [0.29, 0.717) is 5.56 Å². The zero-order chi connectivity index (χ0) is 19.4. The number of aryl methyl sites for hydroxylation is 2. The number of carbonyl (C=O) groups excluding carboxylic acids is 1. The number of benzene rings is 1.